The van der Waals surface area contributed by atoms with Crippen LogP contribution in [-0.4, -0.2) is 33.8 Å². The Kier molecular flexibility index (Phi) is 5.21. The molecule has 0 aliphatic heterocycles. The number of carbonyl (C=O) groups excluding carboxylic acids is 2. The van der Waals surface area contributed by atoms with Crippen LogP contribution in [0.2, 0.25) is 0 Å². The van der Waals surface area contributed by atoms with Gasteiger partial charge in [-0.05, 0) is 19.1 Å². The van der Waals surface area contributed by atoms with Gasteiger partial charge in [0.25, 0.3) is 0 Å². The summed E-state index contributed by atoms with van der Waals surface area (Å²) in [6, 6.07) is 6.74. The van der Waals surface area contributed by atoms with Crippen molar-refractivity contribution < 1.29 is 14.3 Å². The van der Waals surface area contributed by atoms with E-state index in [0.717, 1.165) is 5.16 Å². The third-order valence-corrected chi connectivity index (χ3v) is 4.19. The minimum Gasteiger partial charge on any atom is -0.465 e. The summed E-state index contributed by atoms with van der Waals surface area (Å²) in [4.78, 5) is 28.2. The number of amides is 1. The maximum atomic E-state index is 12.3. The molecule has 0 aliphatic carbocycles. The Hall–Kier alpha value is -2.28. The van der Waals surface area contributed by atoms with E-state index in [0.29, 0.717) is 11.3 Å². The van der Waals surface area contributed by atoms with Crippen LogP contribution in [0.4, 0.5) is 5.69 Å². The van der Waals surface area contributed by atoms with Gasteiger partial charge in [0.1, 0.15) is 0 Å². The Labute approximate surface area is 132 Å². The highest BCUT2D eigenvalue weighted by molar-refractivity contribution is 8.00. The van der Waals surface area contributed by atoms with Crippen molar-refractivity contribution in [3.05, 3.63) is 42.2 Å². The van der Waals surface area contributed by atoms with Crippen molar-refractivity contribution in [3.63, 3.8) is 0 Å². The SMILES string of the molecule is COC(=O)c1ccccc1NC(=O)C(C)Sc1nccn1C. The fourth-order valence-electron chi connectivity index (χ4n) is 1.79. The van der Waals surface area contributed by atoms with E-state index in [2.05, 4.69) is 10.3 Å². The number of imidazole rings is 1. The van der Waals surface area contributed by atoms with Crippen LogP contribution in [0.15, 0.2) is 41.8 Å². The van der Waals surface area contributed by atoms with Gasteiger partial charge >= 0.3 is 5.97 Å². The Bertz CT molecular complexity index is 684. The average Bonchev–Trinajstić information content (AvgIpc) is 2.92. The molecule has 22 heavy (non-hydrogen) atoms. The van der Waals surface area contributed by atoms with Crippen molar-refractivity contribution in [1.82, 2.24) is 9.55 Å². The number of para-hydroxylation sites is 1. The van der Waals surface area contributed by atoms with E-state index in [-0.39, 0.29) is 11.2 Å². The topological polar surface area (TPSA) is 73.2 Å². The molecule has 116 valence electrons. The van der Waals surface area contributed by atoms with E-state index in [1.807, 2.05) is 17.8 Å². The number of ether oxygens (including phenoxy) is 1. The lowest BCUT2D eigenvalue weighted by Gasteiger charge is -2.13. The van der Waals surface area contributed by atoms with Crippen LogP contribution < -0.4 is 5.32 Å². The summed E-state index contributed by atoms with van der Waals surface area (Å²) in [6.45, 7) is 1.79. The molecule has 7 heteroatoms. The minimum atomic E-state index is -0.486. The number of aromatic nitrogens is 2. The molecule has 0 fully saturated rings. The lowest BCUT2D eigenvalue weighted by molar-refractivity contribution is -0.115. The van der Waals surface area contributed by atoms with Crippen LogP contribution in [0.3, 0.4) is 0 Å². The molecule has 1 N–H and O–H groups in total. The normalized spacial score (nSPS) is 11.8. The molecular formula is C15H17N3O3S. The van der Waals surface area contributed by atoms with Crippen molar-refractivity contribution >= 4 is 29.3 Å². The fourth-order valence-corrected chi connectivity index (χ4v) is 2.62. The predicted octanol–water partition coefficient (Wildman–Crippen LogP) is 2.33. The molecule has 0 aliphatic rings. The van der Waals surface area contributed by atoms with Crippen LogP contribution in [-0.2, 0) is 16.6 Å². The number of carbonyl (C=O) groups is 2. The number of aryl methyl sites for hydroxylation is 1. The largest absolute Gasteiger partial charge is 0.465 e. The van der Waals surface area contributed by atoms with Crippen molar-refractivity contribution in [2.24, 2.45) is 7.05 Å². The van der Waals surface area contributed by atoms with Crippen LogP contribution >= 0.6 is 11.8 Å². The van der Waals surface area contributed by atoms with Gasteiger partial charge in [0, 0.05) is 19.4 Å². The number of nitrogens with one attached hydrogen (secondary N) is 1. The molecule has 1 heterocycles. The number of rotatable bonds is 5. The average molecular weight is 319 g/mol. The van der Waals surface area contributed by atoms with Gasteiger partial charge in [-0.2, -0.15) is 0 Å². The fraction of sp³-hybridized carbons (Fsp3) is 0.267. The summed E-state index contributed by atoms with van der Waals surface area (Å²) in [5, 5.41) is 3.16. The quantitative estimate of drug-likeness (QED) is 0.676. The number of hydrogen-bond donors (Lipinski definition) is 1. The summed E-state index contributed by atoms with van der Waals surface area (Å²) in [5.74, 6) is -0.690. The number of thioether (sulfide) groups is 1. The second-order valence-electron chi connectivity index (χ2n) is 4.61. The van der Waals surface area contributed by atoms with Gasteiger partial charge in [-0.3, -0.25) is 4.79 Å². The molecule has 1 aromatic carbocycles. The van der Waals surface area contributed by atoms with Crippen LogP contribution in [0, 0.1) is 0 Å². The van der Waals surface area contributed by atoms with Crippen LogP contribution in [0.1, 0.15) is 17.3 Å². The highest BCUT2D eigenvalue weighted by atomic mass is 32.2. The third kappa shape index (κ3) is 3.67. The van der Waals surface area contributed by atoms with Gasteiger partial charge in [0.05, 0.1) is 23.6 Å². The third-order valence-electron chi connectivity index (χ3n) is 3.02. The first-order chi connectivity index (χ1) is 10.5. The standard InChI is InChI=1S/C15H17N3O3S/c1-10(22-15-16-8-9-18(15)2)13(19)17-12-7-5-4-6-11(12)14(20)21-3/h4-10H,1-3H3,(H,17,19). The zero-order valence-corrected chi connectivity index (χ0v) is 13.4. The molecule has 0 saturated heterocycles. The predicted molar refractivity (Wildman–Crippen MR) is 84.9 cm³/mol. The summed E-state index contributed by atoms with van der Waals surface area (Å²) in [5.41, 5.74) is 0.763. The molecule has 2 aromatic rings. The monoisotopic (exact) mass is 319 g/mol. The molecule has 0 bridgehead atoms. The van der Waals surface area contributed by atoms with Gasteiger partial charge < -0.3 is 14.6 Å². The highest BCUT2D eigenvalue weighted by Gasteiger charge is 2.19. The summed E-state index contributed by atoms with van der Waals surface area (Å²) in [7, 11) is 3.17. The van der Waals surface area contributed by atoms with Crippen molar-refractivity contribution in [3.8, 4) is 0 Å². The zero-order chi connectivity index (χ0) is 16.1. The van der Waals surface area contributed by atoms with Gasteiger partial charge in [0.2, 0.25) is 5.91 Å². The second-order valence-corrected chi connectivity index (χ2v) is 5.92. The Morgan fingerprint density at radius 2 is 2.09 bits per heavy atom. The van der Waals surface area contributed by atoms with Gasteiger partial charge in [0.15, 0.2) is 5.16 Å². The maximum absolute atomic E-state index is 12.3. The highest BCUT2D eigenvalue weighted by Crippen LogP contribution is 2.23. The molecule has 6 nitrogen and oxygen atoms in total. The molecule has 1 unspecified atom stereocenters. The van der Waals surface area contributed by atoms with Crippen LogP contribution in [0.5, 0.6) is 0 Å². The zero-order valence-electron chi connectivity index (χ0n) is 12.6. The van der Waals surface area contributed by atoms with E-state index in [1.165, 1.54) is 18.9 Å². The van der Waals surface area contributed by atoms with Gasteiger partial charge in [-0.25, -0.2) is 9.78 Å². The number of methoxy groups -OCH3 is 1. The van der Waals surface area contributed by atoms with Crippen molar-refractivity contribution in [1.29, 1.82) is 0 Å². The van der Waals surface area contributed by atoms with E-state index in [1.54, 1.807) is 37.4 Å². The van der Waals surface area contributed by atoms with Crippen molar-refractivity contribution in [2.45, 2.75) is 17.3 Å². The lowest BCUT2D eigenvalue weighted by Crippen LogP contribution is -2.24. The number of nitrogens with zero attached hydrogens (tertiary/aromatic N) is 2. The Morgan fingerprint density at radius 1 is 1.36 bits per heavy atom. The van der Waals surface area contributed by atoms with E-state index in [4.69, 9.17) is 4.74 Å². The molecule has 0 spiro atoms. The summed E-state index contributed by atoms with van der Waals surface area (Å²) < 4.78 is 6.56. The number of hydrogen-bond acceptors (Lipinski definition) is 5. The van der Waals surface area contributed by atoms with E-state index >= 15 is 0 Å². The van der Waals surface area contributed by atoms with Gasteiger partial charge in [-0.1, -0.05) is 23.9 Å². The molecule has 0 saturated carbocycles. The Morgan fingerprint density at radius 3 is 2.73 bits per heavy atom. The molecule has 1 atom stereocenters. The van der Waals surface area contributed by atoms with Crippen LogP contribution in [0.25, 0.3) is 0 Å². The van der Waals surface area contributed by atoms with E-state index < -0.39 is 5.97 Å². The molecular weight excluding hydrogens is 302 g/mol. The second kappa shape index (κ2) is 7.13. The number of esters is 1. The smallest absolute Gasteiger partial charge is 0.339 e. The molecule has 1 amide bonds. The summed E-state index contributed by atoms with van der Waals surface area (Å²) in [6.07, 6.45) is 3.50. The first-order valence-electron chi connectivity index (χ1n) is 6.65. The van der Waals surface area contributed by atoms with Gasteiger partial charge in [-0.15, -0.1) is 0 Å². The molecule has 1 aromatic heterocycles. The van der Waals surface area contributed by atoms with Crippen molar-refractivity contribution in [2.75, 3.05) is 12.4 Å². The number of anilines is 1. The molecule has 2 rings (SSSR count). The number of benzene rings is 1. The minimum absolute atomic E-state index is 0.204. The Balaban J connectivity index is 2.09. The first-order valence-corrected chi connectivity index (χ1v) is 7.53. The lowest BCUT2D eigenvalue weighted by atomic mass is 10.2. The first kappa shape index (κ1) is 16.1. The maximum Gasteiger partial charge on any atom is 0.339 e. The summed E-state index contributed by atoms with van der Waals surface area (Å²) >= 11 is 1.35. The molecule has 0 radical (unpaired) electrons. The van der Waals surface area contributed by atoms with E-state index in [9.17, 15) is 9.59 Å².